The van der Waals surface area contributed by atoms with E-state index in [9.17, 15) is 14.0 Å². The SMILES string of the molecule is NCC#Cc1cc(F)ccc1NC(=O)CN1CCCC1=O. The van der Waals surface area contributed by atoms with Gasteiger partial charge in [0.05, 0.1) is 24.3 Å². The van der Waals surface area contributed by atoms with Gasteiger partial charge in [0.2, 0.25) is 11.8 Å². The van der Waals surface area contributed by atoms with Crippen molar-refractivity contribution in [1.82, 2.24) is 4.90 Å². The zero-order valence-corrected chi connectivity index (χ0v) is 11.5. The maximum Gasteiger partial charge on any atom is 0.244 e. The fourth-order valence-electron chi connectivity index (χ4n) is 2.11. The van der Waals surface area contributed by atoms with Crippen LogP contribution in [0, 0.1) is 17.7 Å². The molecule has 1 aromatic rings. The molecule has 1 saturated heterocycles. The Morgan fingerprint density at radius 2 is 2.29 bits per heavy atom. The predicted octanol–water partition coefficient (Wildman–Crippen LogP) is 0.697. The van der Waals surface area contributed by atoms with Crippen LogP contribution < -0.4 is 11.1 Å². The second-order valence-electron chi connectivity index (χ2n) is 4.66. The molecule has 0 spiro atoms. The number of nitrogens with two attached hydrogens (primary N) is 1. The number of halogens is 1. The molecule has 0 atom stereocenters. The zero-order chi connectivity index (χ0) is 15.2. The average Bonchev–Trinajstić information content (AvgIpc) is 2.84. The molecule has 0 radical (unpaired) electrons. The van der Waals surface area contributed by atoms with E-state index < -0.39 is 5.82 Å². The highest BCUT2D eigenvalue weighted by molar-refractivity contribution is 5.95. The molecule has 1 aromatic carbocycles. The molecule has 1 aliphatic heterocycles. The van der Waals surface area contributed by atoms with Crippen molar-refractivity contribution in [3.05, 3.63) is 29.6 Å². The van der Waals surface area contributed by atoms with E-state index in [0.29, 0.717) is 24.2 Å². The van der Waals surface area contributed by atoms with Crippen LogP contribution in [0.5, 0.6) is 0 Å². The van der Waals surface area contributed by atoms with Crippen LogP contribution in [0.4, 0.5) is 10.1 Å². The van der Waals surface area contributed by atoms with Gasteiger partial charge in [0.1, 0.15) is 5.82 Å². The molecule has 0 saturated carbocycles. The lowest BCUT2D eigenvalue weighted by Gasteiger charge is -2.15. The van der Waals surface area contributed by atoms with Crippen molar-refractivity contribution in [3.63, 3.8) is 0 Å². The molecule has 2 rings (SSSR count). The van der Waals surface area contributed by atoms with Gasteiger partial charge in [-0.2, -0.15) is 0 Å². The molecule has 1 heterocycles. The van der Waals surface area contributed by atoms with E-state index in [1.54, 1.807) is 0 Å². The number of carbonyl (C=O) groups excluding carboxylic acids is 2. The Morgan fingerprint density at radius 3 is 2.95 bits per heavy atom. The quantitative estimate of drug-likeness (QED) is 0.804. The molecule has 1 fully saturated rings. The van der Waals surface area contributed by atoms with Crippen molar-refractivity contribution in [2.45, 2.75) is 12.8 Å². The predicted molar refractivity (Wildman–Crippen MR) is 76.8 cm³/mol. The third kappa shape index (κ3) is 4.04. The topological polar surface area (TPSA) is 75.4 Å². The first kappa shape index (κ1) is 15.0. The van der Waals surface area contributed by atoms with Gasteiger partial charge in [-0.25, -0.2) is 4.39 Å². The molecule has 0 aliphatic carbocycles. The summed E-state index contributed by atoms with van der Waals surface area (Å²) in [5, 5.41) is 2.65. The third-order valence-electron chi connectivity index (χ3n) is 3.09. The number of nitrogens with one attached hydrogen (secondary N) is 1. The Bertz CT molecular complexity index is 619. The molecule has 2 amide bonds. The normalized spacial score (nSPS) is 13.8. The standard InChI is InChI=1S/C15H16FN3O2/c16-12-5-6-13(11(9-12)3-1-7-17)18-14(20)10-19-8-2-4-15(19)21/h5-6,9H,2,4,7-8,10,17H2,(H,18,20). The number of rotatable bonds is 3. The lowest BCUT2D eigenvalue weighted by molar-refractivity contribution is -0.131. The monoisotopic (exact) mass is 289 g/mol. The first-order valence-corrected chi connectivity index (χ1v) is 6.66. The largest absolute Gasteiger partial charge is 0.333 e. The Kier molecular flexibility index (Phi) is 4.90. The minimum Gasteiger partial charge on any atom is -0.333 e. The summed E-state index contributed by atoms with van der Waals surface area (Å²) in [6.45, 7) is 0.738. The van der Waals surface area contributed by atoms with E-state index in [2.05, 4.69) is 17.2 Å². The zero-order valence-electron chi connectivity index (χ0n) is 11.5. The van der Waals surface area contributed by atoms with E-state index >= 15 is 0 Å². The maximum atomic E-state index is 13.2. The average molecular weight is 289 g/mol. The minimum atomic E-state index is -0.441. The second-order valence-corrected chi connectivity index (χ2v) is 4.66. The lowest BCUT2D eigenvalue weighted by atomic mass is 10.1. The van der Waals surface area contributed by atoms with Crippen LogP contribution in [0.3, 0.4) is 0 Å². The number of carbonyl (C=O) groups is 2. The summed E-state index contributed by atoms with van der Waals surface area (Å²) in [5.74, 6) is 4.54. The van der Waals surface area contributed by atoms with E-state index in [1.165, 1.54) is 23.1 Å². The molecule has 6 heteroatoms. The Hall–Kier alpha value is -2.39. The van der Waals surface area contributed by atoms with Gasteiger partial charge in [-0.05, 0) is 24.6 Å². The van der Waals surface area contributed by atoms with Crippen molar-refractivity contribution in [1.29, 1.82) is 0 Å². The molecule has 5 nitrogen and oxygen atoms in total. The number of hydrogen-bond acceptors (Lipinski definition) is 3. The van der Waals surface area contributed by atoms with Gasteiger partial charge in [-0.3, -0.25) is 9.59 Å². The summed E-state index contributed by atoms with van der Waals surface area (Å²) in [5.41, 5.74) is 6.06. The lowest BCUT2D eigenvalue weighted by Crippen LogP contribution is -2.34. The second kappa shape index (κ2) is 6.86. The van der Waals surface area contributed by atoms with Crippen molar-refractivity contribution in [3.8, 4) is 11.8 Å². The summed E-state index contributed by atoms with van der Waals surface area (Å²) >= 11 is 0. The number of benzene rings is 1. The fraction of sp³-hybridized carbons (Fsp3) is 0.333. The molecule has 0 bridgehead atoms. The van der Waals surface area contributed by atoms with Crippen LogP contribution in [0.1, 0.15) is 18.4 Å². The maximum absolute atomic E-state index is 13.2. The third-order valence-corrected chi connectivity index (χ3v) is 3.09. The van der Waals surface area contributed by atoms with Crippen molar-refractivity contribution in [2.75, 3.05) is 25.0 Å². The molecular weight excluding hydrogens is 273 g/mol. The number of anilines is 1. The van der Waals surface area contributed by atoms with Crippen LogP contribution in [-0.2, 0) is 9.59 Å². The van der Waals surface area contributed by atoms with Gasteiger partial charge in [0, 0.05) is 13.0 Å². The van der Waals surface area contributed by atoms with E-state index in [-0.39, 0.29) is 24.9 Å². The van der Waals surface area contributed by atoms with Gasteiger partial charge < -0.3 is 16.0 Å². The van der Waals surface area contributed by atoms with Crippen LogP contribution in [0.25, 0.3) is 0 Å². The summed E-state index contributed by atoms with van der Waals surface area (Å²) < 4.78 is 13.2. The van der Waals surface area contributed by atoms with Gasteiger partial charge in [-0.15, -0.1) is 0 Å². The molecule has 0 unspecified atom stereocenters. The molecule has 1 aliphatic rings. The highest BCUT2D eigenvalue weighted by Crippen LogP contribution is 2.16. The summed E-state index contributed by atoms with van der Waals surface area (Å²) in [6, 6.07) is 3.92. The molecule has 110 valence electrons. The number of nitrogens with zero attached hydrogens (tertiary/aromatic N) is 1. The number of likely N-dealkylation sites (tertiary alicyclic amines) is 1. The van der Waals surface area contributed by atoms with Crippen molar-refractivity contribution in [2.24, 2.45) is 5.73 Å². The first-order valence-electron chi connectivity index (χ1n) is 6.66. The highest BCUT2D eigenvalue weighted by atomic mass is 19.1. The summed E-state index contributed by atoms with van der Waals surface area (Å²) in [6.07, 6.45) is 1.26. The highest BCUT2D eigenvalue weighted by Gasteiger charge is 2.22. The number of amides is 2. The first-order chi connectivity index (χ1) is 10.1. The Balaban J connectivity index is 2.07. The van der Waals surface area contributed by atoms with Gasteiger partial charge in [0.15, 0.2) is 0 Å². The van der Waals surface area contributed by atoms with Gasteiger partial charge >= 0.3 is 0 Å². The fourth-order valence-corrected chi connectivity index (χ4v) is 2.11. The van der Waals surface area contributed by atoms with Crippen molar-refractivity contribution >= 4 is 17.5 Å². The Labute approximate surface area is 122 Å². The Morgan fingerprint density at radius 1 is 1.48 bits per heavy atom. The van der Waals surface area contributed by atoms with Crippen LogP contribution in [0.2, 0.25) is 0 Å². The minimum absolute atomic E-state index is 0.0000325. The van der Waals surface area contributed by atoms with Crippen LogP contribution >= 0.6 is 0 Å². The molecular formula is C15H16FN3O2. The smallest absolute Gasteiger partial charge is 0.244 e. The van der Waals surface area contributed by atoms with E-state index in [1.807, 2.05) is 0 Å². The van der Waals surface area contributed by atoms with Crippen LogP contribution in [0.15, 0.2) is 18.2 Å². The van der Waals surface area contributed by atoms with Gasteiger partial charge in [0.25, 0.3) is 0 Å². The number of hydrogen-bond donors (Lipinski definition) is 2. The van der Waals surface area contributed by atoms with E-state index in [0.717, 1.165) is 6.42 Å². The van der Waals surface area contributed by atoms with Gasteiger partial charge in [-0.1, -0.05) is 11.8 Å². The summed E-state index contributed by atoms with van der Waals surface area (Å²) in [4.78, 5) is 24.9. The molecule has 0 aromatic heterocycles. The van der Waals surface area contributed by atoms with Crippen molar-refractivity contribution < 1.29 is 14.0 Å². The molecule has 3 N–H and O–H groups in total. The van der Waals surface area contributed by atoms with Crippen LogP contribution in [-0.4, -0.2) is 36.3 Å². The summed E-state index contributed by atoms with van der Waals surface area (Å²) in [7, 11) is 0. The molecule has 21 heavy (non-hydrogen) atoms. The van der Waals surface area contributed by atoms with E-state index in [4.69, 9.17) is 5.73 Å².